The van der Waals surface area contributed by atoms with Crippen molar-refractivity contribution in [2.24, 2.45) is 0 Å². The summed E-state index contributed by atoms with van der Waals surface area (Å²) in [6, 6.07) is 23.5. The van der Waals surface area contributed by atoms with E-state index in [-0.39, 0.29) is 0 Å². The topological polar surface area (TPSA) is 38.7 Å². The van der Waals surface area contributed by atoms with Crippen LogP contribution in [0.3, 0.4) is 0 Å². The first-order chi connectivity index (χ1) is 15.7. The molecule has 3 heterocycles. The Morgan fingerprint density at radius 1 is 0.469 bits per heavy atom. The Kier molecular flexibility index (Phi) is 5.30. The maximum Gasteiger partial charge on any atom is 0.0346 e. The predicted molar refractivity (Wildman–Crippen MR) is 131 cm³/mol. The number of hydrogen-bond donors (Lipinski definition) is 0. The zero-order valence-corrected chi connectivity index (χ0v) is 18.2. The van der Waals surface area contributed by atoms with E-state index >= 15 is 0 Å². The van der Waals surface area contributed by atoms with E-state index in [1.165, 1.54) is 16.7 Å². The summed E-state index contributed by atoms with van der Waals surface area (Å²) in [5.74, 6) is 0. The highest BCUT2D eigenvalue weighted by Gasteiger charge is 2.09. The molecule has 0 fully saturated rings. The van der Waals surface area contributed by atoms with Gasteiger partial charge in [0.2, 0.25) is 0 Å². The van der Waals surface area contributed by atoms with Crippen molar-refractivity contribution in [2.75, 3.05) is 0 Å². The third kappa shape index (κ3) is 4.06. The zero-order chi connectivity index (χ0) is 21.9. The van der Waals surface area contributed by atoms with Crippen molar-refractivity contribution in [3.63, 3.8) is 0 Å². The molecule has 3 aromatic heterocycles. The summed E-state index contributed by atoms with van der Waals surface area (Å²) in [4.78, 5) is 13.1. The van der Waals surface area contributed by atoms with Gasteiger partial charge in [-0.05, 0) is 77.6 Å². The molecule has 0 saturated carbocycles. The fourth-order valence-electron chi connectivity index (χ4n) is 4.04. The van der Waals surface area contributed by atoms with Gasteiger partial charge in [-0.1, -0.05) is 36.4 Å². The van der Waals surface area contributed by atoms with Crippen molar-refractivity contribution in [1.82, 2.24) is 15.0 Å². The van der Waals surface area contributed by atoms with Crippen molar-refractivity contribution in [2.45, 2.75) is 13.8 Å². The van der Waals surface area contributed by atoms with Gasteiger partial charge in [0.15, 0.2) is 0 Å². The summed E-state index contributed by atoms with van der Waals surface area (Å²) in [6.45, 7) is 4.26. The van der Waals surface area contributed by atoms with Crippen LogP contribution in [0.15, 0.2) is 104 Å². The maximum absolute atomic E-state index is 4.57. The highest BCUT2D eigenvalue weighted by molar-refractivity contribution is 5.79. The molecule has 0 N–H and O–H groups in total. The average molecular weight is 414 g/mol. The summed E-state index contributed by atoms with van der Waals surface area (Å²) >= 11 is 0. The minimum absolute atomic E-state index is 1.09. The molecule has 154 valence electrons. The lowest BCUT2D eigenvalue weighted by molar-refractivity contribution is 1.31. The average Bonchev–Trinajstić information content (AvgIpc) is 2.85. The Morgan fingerprint density at radius 3 is 1.75 bits per heavy atom. The smallest absolute Gasteiger partial charge is 0.0346 e. The van der Waals surface area contributed by atoms with Gasteiger partial charge in [0.1, 0.15) is 0 Å². The van der Waals surface area contributed by atoms with Gasteiger partial charge < -0.3 is 0 Å². The van der Waals surface area contributed by atoms with Gasteiger partial charge in [-0.25, -0.2) is 0 Å². The van der Waals surface area contributed by atoms with Crippen LogP contribution in [0, 0.1) is 13.8 Å². The fraction of sp³-hybridized carbons (Fsp3) is 0.0690. The van der Waals surface area contributed by atoms with Crippen LogP contribution in [0.5, 0.6) is 0 Å². The van der Waals surface area contributed by atoms with E-state index < -0.39 is 0 Å². The van der Waals surface area contributed by atoms with E-state index in [0.717, 1.165) is 38.9 Å². The second kappa shape index (κ2) is 8.56. The molecule has 0 amide bonds. The van der Waals surface area contributed by atoms with Crippen LogP contribution in [0.2, 0.25) is 0 Å². The molecule has 0 radical (unpaired) electrons. The Balaban J connectivity index is 1.56. The van der Waals surface area contributed by atoms with Gasteiger partial charge in [-0.2, -0.15) is 0 Å². The van der Waals surface area contributed by atoms with Crippen LogP contribution in [0.25, 0.3) is 44.5 Å². The molecular formula is C29H23N3. The molecule has 2 aromatic carbocycles. The van der Waals surface area contributed by atoms with Crippen LogP contribution in [0.1, 0.15) is 11.1 Å². The molecule has 0 spiro atoms. The number of aromatic nitrogens is 3. The van der Waals surface area contributed by atoms with Crippen LogP contribution in [0.4, 0.5) is 0 Å². The van der Waals surface area contributed by atoms with Gasteiger partial charge in [0, 0.05) is 59.4 Å². The highest BCUT2D eigenvalue weighted by atomic mass is 14.6. The quantitative estimate of drug-likeness (QED) is 0.314. The number of rotatable bonds is 4. The van der Waals surface area contributed by atoms with E-state index in [9.17, 15) is 0 Å². The number of aryl methyl sites for hydroxylation is 2. The standard InChI is InChI=1S/C29H23N3/c1-20-11-25(23-5-3-9-30-16-23)13-26(12-20)28-14-27(18-32-19-28)22-8-7-21(2)29(15-22)24-6-4-10-31-17-24/h3-19H,1-2H3. The molecule has 3 heteroatoms. The Labute approximate surface area is 188 Å². The van der Waals surface area contributed by atoms with E-state index in [2.05, 4.69) is 83.4 Å². The lowest BCUT2D eigenvalue weighted by Crippen LogP contribution is -1.89. The van der Waals surface area contributed by atoms with E-state index in [0.29, 0.717) is 0 Å². The Hall–Kier alpha value is -4.11. The molecular weight excluding hydrogens is 390 g/mol. The summed E-state index contributed by atoms with van der Waals surface area (Å²) in [5.41, 5.74) is 11.5. The van der Waals surface area contributed by atoms with Crippen LogP contribution in [-0.4, -0.2) is 15.0 Å². The lowest BCUT2D eigenvalue weighted by atomic mass is 9.94. The summed E-state index contributed by atoms with van der Waals surface area (Å²) in [6.07, 6.45) is 11.3. The molecule has 0 aliphatic carbocycles. The monoisotopic (exact) mass is 413 g/mol. The van der Waals surface area contributed by atoms with Gasteiger partial charge >= 0.3 is 0 Å². The van der Waals surface area contributed by atoms with E-state index in [1.807, 2.05) is 36.9 Å². The summed E-state index contributed by atoms with van der Waals surface area (Å²) < 4.78 is 0. The summed E-state index contributed by atoms with van der Waals surface area (Å²) in [5, 5.41) is 0. The minimum Gasteiger partial charge on any atom is -0.264 e. The van der Waals surface area contributed by atoms with E-state index in [4.69, 9.17) is 0 Å². The molecule has 0 bridgehead atoms. The number of benzene rings is 2. The minimum atomic E-state index is 1.09. The SMILES string of the molecule is Cc1cc(-c2cccnc2)cc(-c2cncc(-c3ccc(C)c(-c4cccnc4)c3)c2)c1. The third-order valence-corrected chi connectivity index (χ3v) is 5.69. The first kappa shape index (κ1) is 19.8. The number of nitrogens with zero attached hydrogens (tertiary/aromatic N) is 3. The molecule has 3 nitrogen and oxygen atoms in total. The second-order valence-corrected chi connectivity index (χ2v) is 8.06. The van der Waals surface area contributed by atoms with Crippen molar-refractivity contribution in [3.05, 3.63) is 115 Å². The Morgan fingerprint density at radius 2 is 1.06 bits per heavy atom. The first-order valence-electron chi connectivity index (χ1n) is 10.7. The maximum atomic E-state index is 4.57. The molecule has 0 aliphatic rings. The predicted octanol–water partition coefficient (Wildman–Crippen LogP) is 7.16. The third-order valence-electron chi connectivity index (χ3n) is 5.69. The van der Waals surface area contributed by atoms with Crippen molar-refractivity contribution in [1.29, 1.82) is 0 Å². The van der Waals surface area contributed by atoms with Gasteiger partial charge in [-0.15, -0.1) is 0 Å². The van der Waals surface area contributed by atoms with Crippen molar-refractivity contribution in [3.8, 4) is 44.5 Å². The zero-order valence-electron chi connectivity index (χ0n) is 18.2. The number of hydrogen-bond acceptors (Lipinski definition) is 3. The Bertz CT molecular complexity index is 1380. The molecule has 0 saturated heterocycles. The van der Waals surface area contributed by atoms with Crippen molar-refractivity contribution < 1.29 is 0 Å². The molecule has 32 heavy (non-hydrogen) atoms. The van der Waals surface area contributed by atoms with Crippen LogP contribution < -0.4 is 0 Å². The fourth-order valence-corrected chi connectivity index (χ4v) is 4.04. The van der Waals surface area contributed by atoms with E-state index in [1.54, 1.807) is 12.4 Å². The molecule has 0 unspecified atom stereocenters. The number of pyridine rings is 3. The van der Waals surface area contributed by atoms with Crippen molar-refractivity contribution >= 4 is 0 Å². The largest absolute Gasteiger partial charge is 0.264 e. The first-order valence-corrected chi connectivity index (χ1v) is 10.7. The van der Waals surface area contributed by atoms with Gasteiger partial charge in [0.25, 0.3) is 0 Å². The summed E-state index contributed by atoms with van der Waals surface area (Å²) in [7, 11) is 0. The highest BCUT2D eigenvalue weighted by Crippen LogP contribution is 2.32. The van der Waals surface area contributed by atoms with Gasteiger partial charge in [0.05, 0.1) is 0 Å². The normalized spacial score (nSPS) is 10.8. The van der Waals surface area contributed by atoms with Gasteiger partial charge in [-0.3, -0.25) is 15.0 Å². The van der Waals surface area contributed by atoms with Crippen LogP contribution >= 0.6 is 0 Å². The van der Waals surface area contributed by atoms with Crippen LogP contribution in [-0.2, 0) is 0 Å². The second-order valence-electron chi connectivity index (χ2n) is 8.06. The molecule has 0 atom stereocenters. The molecule has 0 aliphatic heterocycles. The molecule has 5 rings (SSSR count). The molecule has 5 aromatic rings. The lowest BCUT2D eigenvalue weighted by Gasteiger charge is -2.11.